The van der Waals surface area contributed by atoms with E-state index >= 15 is 0 Å². The number of aromatic nitrogens is 6. The van der Waals surface area contributed by atoms with Gasteiger partial charge >= 0.3 is 0 Å². The fourth-order valence-corrected chi connectivity index (χ4v) is 3.08. The Hall–Kier alpha value is -2.94. The highest BCUT2D eigenvalue weighted by Gasteiger charge is 2.22. The third-order valence-corrected chi connectivity index (χ3v) is 4.60. The van der Waals surface area contributed by atoms with Crippen LogP contribution in [0, 0.1) is 6.92 Å². The highest BCUT2D eigenvalue weighted by atomic mass is 32.2. The topological polar surface area (TPSA) is 95.7 Å². The number of rotatable bonds is 5. The molecular weight excluding hydrogens is 340 g/mol. The van der Waals surface area contributed by atoms with Crippen LogP contribution in [0.3, 0.4) is 0 Å². The van der Waals surface area contributed by atoms with Crippen molar-refractivity contribution in [3.05, 3.63) is 48.3 Å². The first-order valence-corrected chi connectivity index (χ1v) is 8.52. The number of benzene rings is 1. The van der Waals surface area contributed by atoms with E-state index in [9.17, 15) is 0 Å². The second-order valence-electron chi connectivity index (χ2n) is 5.34. The van der Waals surface area contributed by atoms with E-state index in [4.69, 9.17) is 8.94 Å². The van der Waals surface area contributed by atoms with E-state index in [0.717, 1.165) is 10.7 Å². The molecule has 0 fully saturated rings. The molecule has 0 radical (unpaired) electrons. The summed E-state index contributed by atoms with van der Waals surface area (Å²) in [6.45, 7) is 1.83. The molecule has 4 aromatic rings. The molecule has 0 aliphatic carbocycles. The zero-order valence-electron chi connectivity index (χ0n) is 13.6. The van der Waals surface area contributed by atoms with E-state index in [1.165, 1.54) is 11.8 Å². The lowest BCUT2D eigenvalue weighted by molar-refractivity contribution is 0.399. The predicted molar refractivity (Wildman–Crippen MR) is 90.5 cm³/mol. The van der Waals surface area contributed by atoms with E-state index in [0.29, 0.717) is 34.6 Å². The van der Waals surface area contributed by atoms with Crippen LogP contribution in [0.25, 0.3) is 22.7 Å². The van der Waals surface area contributed by atoms with Crippen molar-refractivity contribution < 1.29 is 8.94 Å². The quantitative estimate of drug-likeness (QED) is 0.504. The molecule has 0 saturated heterocycles. The number of thioether (sulfide) groups is 1. The van der Waals surface area contributed by atoms with E-state index in [1.807, 2.05) is 48.9 Å². The van der Waals surface area contributed by atoms with Gasteiger partial charge in [-0.05, 0) is 6.92 Å². The fourth-order valence-electron chi connectivity index (χ4n) is 2.36. The lowest BCUT2D eigenvalue weighted by atomic mass is 10.1. The average molecular weight is 354 g/mol. The van der Waals surface area contributed by atoms with Gasteiger partial charge in [-0.25, -0.2) is 0 Å². The molecule has 126 valence electrons. The van der Waals surface area contributed by atoms with E-state index in [2.05, 4.69) is 25.6 Å². The molecule has 0 aliphatic rings. The molecular formula is C16H14N6O2S. The predicted octanol–water partition coefficient (Wildman–Crippen LogP) is 3.12. The van der Waals surface area contributed by atoms with Gasteiger partial charge in [0.2, 0.25) is 5.89 Å². The molecule has 1 aromatic carbocycles. The molecule has 0 unspecified atom stereocenters. The maximum Gasteiger partial charge on any atom is 0.253 e. The standard InChI is InChI=1S/C16H14N6O2S/c1-10-13(14(21-24-10)11-6-4-3-5-7-11)15-19-18-12(23-15)8-25-16-20-17-9-22(16)2/h3-7,9H,8H2,1-2H3. The molecule has 0 N–H and O–H groups in total. The van der Waals surface area contributed by atoms with Crippen molar-refractivity contribution >= 4 is 11.8 Å². The summed E-state index contributed by atoms with van der Waals surface area (Å²) in [4.78, 5) is 0. The summed E-state index contributed by atoms with van der Waals surface area (Å²) in [6, 6.07) is 9.76. The molecule has 4 rings (SSSR count). The Morgan fingerprint density at radius 3 is 2.72 bits per heavy atom. The van der Waals surface area contributed by atoms with Gasteiger partial charge in [0.05, 0.1) is 5.75 Å². The van der Waals surface area contributed by atoms with Gasteiger partial charge in [0.25, 0.3) is 5.89 Å². The largest absolute Gasteiger partial charge is 0.420 e. The normalized spacial score (nSPS) is 11.1. The lowest BCUT2D eigenvalue weighted by Crippen LogP contribution is -1.89. The first kappa shape index (κ1) is 15.6. The number of aryl methyl sites for hydroxylation is 2. The van der Waals surface area contributed by atoms with Crippen molar-refractivity contribution in [3.8, 4) is 22.7 Å². The van der Waals surface area contributed by atoms with Gasteiger partial charge in [0, 0.05) is 12.6 Å². The van der Waals surface area contributed by atoms with E-state index in [1.54, 1.807) is 6.33 Å². The second kappa shape index (κ2) is 6.52. The van der Waals surface area contributed by atoms with Crippen LogP contribution < -0.4 is 0 Å². The fraction of sp³-hybridized carbons (Fsp3) is 0.188. The van der Waals surface area contributed by atoms with Crippen LogP contribution in [0.15, 0.2) is 50.8 Å². The van der Waals surface area contributed by atoms with Crippen LogP contribution in [0.4, 0.5) is 0 Å². The zero-order chi connectivity index (χ0) is 17.2. The number of hydrogen-bond acceptors (Lipinski definition) is 8. The van der Waals surface area contributed by atoms with Crippen molar-refractivity contribution in [1.29, 1.82) is 0 Å². The summed E-state index contributed by atoms with van der Waals surface area (Å²) in [5, 5.41) is 21.0. The summed E-state index contributed by atoms with van der Waals surface area (Å²) < 4.78 is 13.0. The van der Waals surface area contributed by atoms with Gasteiger partial charge in [-0.2, -0.15) is 0 Å². The molecule has 0 bridgehead atoms. The maximum absolute atomic E-state index is 5.81. The second-order valence-corrected chi connectivity index (χ2v) is 6.28. The number of nitrogens with zero attached hydrogens (tertiary/aromatic N) is 6. The van der Waals surface area contributed by atoms with Crippen LogP contribution in [-0.2, 0) is 12.8 Å². The summed E-state index contributed by atoms with van der Waals surface area (Å²) in [6.07, 6.45) is 1.65. The molecule has 3 heterocycles. The molecule has 8 nitrogen and oxygen atoms in total. The lowest BCUT2D eigenvalue weighted by Gasteiger charge is -1.98. The molecule has 0 aliphatic heterocycles. The van der Waals surface area contributed by atoms with Crippen molar-refractivity contribution in [2.75, 3.05) is 0 Å². The molecule has 3 aromatic heterocycles. The first-order valence-electron chi connectivity index (χ1n) is 7.53. The van der Waals surface area contributed by atoms with E-state index < -0.39 is 0 Å². The Balaban J connectivity index is 1.60. The Morgan fingerprint density at radius 1 is 1.12 bits per heavy atom. The Kier molecular flexibility index (Phi) is 4.06. The Labute approximate surface area is 147 Å². The SMILES string of the molecule is Cc1onc(-c2ccccc2)c1-c1nnc(CSc2nncn2C)o1. The monoisotopic (exact) mass is 354 g/mol. The minimum atomic E-state index is 0.395. The van der Waals surface area contributed by atoms with Gasteiger partial charge in [-0.15, -0.1) is 20.4 Å². The van der Waals surface area contributed by atoms with Crippen LogP contribution >= 0.6 is 11.8 Å². The summed E-state index contributed by atoms with van der Waals surface area (Å²) in [7, 11) is 1.88. The first-order chi connectivity index (χ1) is 12.2. The van der Waals surface area contributed by atoms with Crippen LogP contribution in [0.2, 0.25) is 0 Å². The van der Waals surface area contributed by atoms with Gasteiger partial charge in [-0.1, -0.05) is 47.3 Å². The van der Waals surface area contributed by atoms with E-state index in [-0.39, 0.29) is 0 Å². The van der Waals surface area contributed by atoms with Crippen LogP contribution in [0.1, 0.15) is 11.7 Å². The molecule has 25 heavy (non-hydrogen) atoms. The average Bonchev–Trinajstić information content (AvgIpc) is 3.34. The minimum absolute atomic E-state index is 0.395. The summed E-state index contributed by atoms with van der Waals surface area (Å²) in [5.41, 5.74) is 2.34. The van der Waals surface area contributed by atoms with Gasteiger partial charge in [-0.3, -0.25) is 0 Å². The van der Waals surface area contributed by atoms with Crippen molar-refractivity contribution in [1.82, 2.24) is 30.1 Å². The highest BCUT2D eigenvalue weighted by molar-refractivity contribution is 7.98. The molecule has 0 amide bonds. The molecule has 0 saturated carbocycles. The maximum atomic E-state index is 5.81. The zero-order valence-corrected chi connectivity index (χ0v) is 14.4. The van der Waals surface area contributed by atoms with Gasteiger partial charge in [0.1, 0.15) is 23.3 Å². The summed E-state index contributed by atoms with van der Waals surface area (Å²) >= 11 is 1.48. The van der Waals surface area contributed by atoms with Crippen molar-refractivity contribution in [2.45, 2.75) is 17.8 Å². The van der Waals surface area contributed by atoms with Crippen LogP contribution in [0.5, 0.6) is 0 Å². The minimum Gasteiger partial charge on any atom is -0.420 e. The molecule has 9 heteroatoms. The third kappa shape index (κ3) is 3.05. The molecule has 0 spiro atoms. The third-order valence-electron chi connectivity index (χ3n) is 3.59. The van der Waals surface area contributed by atoms with Crippen molar-refractivity contribution in [2.24, 2.45) is 7.05 Å². The van der Waals surface area contributed by atoms with Gasteiger partial charge < -0.3 is 13.5 Å². The smallest absolute Gasteiger partial charge is 0.253 e. The summed E-state index contributed by atoms with van der Waals surface area (Å²) in [5.74, 6) is 2.04. The van der Waals surface area contributed by atoms with Gasteiger partial charge in [0.15, 0.2) is 5.16 Å². The molecule has 0 atom stereocenters. The number of hydrogen-bond donors (Lipinski definition) is 0. The van der Waals surface area contributed by atoms with Crippen LogP contribution in [-0.4, -0.2) is 30.1 Å². The highest BCUT2D eigenvalue weighted by Crippen LogP contribution is 2.33. The Bertz CT molecular complexity index is 991. The Morgan fingerprint density at radius 2 is 1.96 bits per heavy atom. The van der Waals surface area contributed by atoms with Crippen molar-refractivity contribution in [3.63, 3.8) is 0 Å².